The van der Waals surface area contributed by atoms with E-state index in [1.807, 2.05) is 6.92 Å². The molecule has 2 rings (SSSR count). The lowest BCUT2D eigenvalue weighted by Gasteiger charge is -2.14. The molecule has 0 radical (unpaired) electrons. The fourth-order valence-corrected chi connectivity index (χ4v) is 3.20. The van der Waals surface area contributed by atoms with Gasteiger partial charge in [0.1, 0.15) is 5.82 Å². The number of aryl methyl sites for hydroxylation is 2. The van der Waals surface area contributed by atoms with Gasteiger partial charge in [0, 0.05) is 16.0 Å². The maximum absolute atomic E-state index is 12.2. The highest BCUT2D eigenvalue weighted by atomic mass is 35.5. The summed E-state index contributed by atoms with van der Waals surface area (Å²) < 4.78 is 0. The van der Waals surface area contributed by atoms with Crippen LogP contribution in [0.25, 0.3) is 0 Å². The van der Waals surface area contributed by atoms with Gasteiger partial charge >= 0.3 is 0 Å². The van der Waals surface area contributed by atoms with E-state index in [4.69, 9.17) is 17.3 Å². The van der Waals surface area contributed by atoms with Crippen LogP contribution in [0.5, 0.6) is 0 Å². The molecule has 0 spiro atoms. The Labute approximate surface area is 127 Å². The number of aromatic nitrogens is 1. The van der Waals surface area contributed by atoms with Crippen molar-refractivity contribution >= 4 is 34.7 Å². The summed E-state index contributed by atoms with van der Waals surface area (Å²) in [6, 6.07) is 3.56. The number of pyridine rings is 1. The minimum Gasteiger partial charge on any atom is -0.382 e. The van der Waals surface area contributed by atoms with Crippen molar-refractivity contribution in [3.05, 3.63) is 44.2 Å². The molecule has 2 heterocycles. The number of nitrogen functional groups attached to an aromatic ring is 1. The number of halogens is 1. The summed E-state index contributed by atoms with van der Waals surface area (Å²) in [5.74, 6) is 0.00993. The topological polar surface area (TPSA) is 68.0 Å². The molecule has 0 saturated heterocycles. The van der Waals surface area contributed by atoms with Crippen LogP contribution in [0.2, 0.25) is 5.02 Å². The van der Waals surface area contributed by atoms with Crippen molar-refractivity contribution in [2.24, 2.45) is 0 Å². The van der Waals surface area contributed by atoms with Crippen LogP contribution in [0.1, 0.15) is 38.6 Å². The van der Waals surface area contributed by atoms with E-state index in [-0.39, 0.29) is 22.8 Å². The Kier molecular flexibility index (Phi) is 4.30. The second kappa shape index (κ2) is 5.81. The molecule has 4 nitrogen and oxygen atoms in total. The van der Waals surface area contributed by atoms with Gasteiger partial charge in [0.05, 0.1) is 16.6 Å². The predicted octanol–water partition coefficient (Wildman–Crippen LogP) is 3.49. The number of nitrogens with two attached hydrogens (primary N) is 1. The highest BCUT2D eigenvalue weighted by molar-refractivity contribution is 7.12. The first-order valence-electron chi connectivity index (χ1n) is 6.17. The van der Waals surface area contributed by atoms with Gasteiger partial charge in [-0.05, 0) is 38.5 Å². The number of rotatable bonds is 3. The van der Waals surface area contributed by atoms with Crippen LogP contribution in [0.4, 0.5) is 5.82 Å². The monoisotopic (exact) mass is 309 g/mol. The van der Waals surface area contributed by atoms with Crippen LogP contribution >= 0.6 is 22.9 Å². The molecule has 2 aromatic heterocycles. The molecule has 6 heteroatoms. The number of nitrogens with zero attached hydrogens (tertiary/aromatic N) is 1. The molecule has 0 fully saturated rings. The molecule has 2 aromatic rings. The molecule has 0 saturated carbocycles. The standard InChI is InChI=1S/C14H16ClN3OS/c1-7-4-11(9(3)20-7)8(2)18-14(19)10-5-12(15)13(16)17-6-10/h4-6,8H,1-3H3,(H2,16,17)(H,18,19). The van der Waals surface area contributed by atoms with Crippen LogP contribution < -0.4 is 11.1 Å². The van der Waals surface area contributed by atoms with Crippen molar-refractivity contribution < 1.29 is 4.79 Å². The summed E-state index contributed by atoms with van der Waals surface area (Å²) in [7, 11) is 0. The Hall–Kier alpha value is -1.59. The van der Waals surface area contributed by atoms with Crippen molar-refractivity contribution in [3.8, 4) is 0 Å². The number of thiophene rings is 1. The molecule has 0 aliphatic carbocycles. The summed E-state index contributed by atoms with van der Waals surface area (Å²) in [5.41, 5.74) is 7.07. The van der Waals surface area contributed by atoms with Gasteiger partial charge in [0.15, 0.2) is 0 Å². The first-order valence-corrected chi connectivity index (χ1v) is 7.36. The van der Waals surface area contributed by atoms with E-state index in [2.05, 4.69) is 30.2 Å². The van der Waals surface area contributed by atoms with E-state index in [1.54, 1.807) is 11.3 Å². The molecule has 1 amide bonds. The van der Waals surface area contributed by atoms with Crippen LogP contribution in [0.3, 0.4) is 0 Å². The Balaban J connectivity index is 2.15. The second-order valence-corrected chi connectivity index (χ2v) is 6.52. The molecular weight excluding hydrogens is 294 g/mol. The van der Waals surface area contributed by atoms with Crippen LogP contribution in [-0.4, -0.2) is 10.9 Å². The number of hydrogen-bond donors (Lipinski definition) is 2. The van der Waals surface area contributed by atoms with Crippen LogP contribution in [0, 0.1) is 13.8 Å². The van der Waals surface area contributed by atoms with Crippen molar-refractivity contribution in [1.82, 2.24) is 10.3 Å². The molecule has 1 atom stereocenters. The zero-order valence-corrected chi connectivity index (χ0v) is 13.1. The Morgan fingerprint density at radius 3 is 2.70 bits per heavy atom. The van der Waals surface area contributed by atoms with Crippen molar-refractivity contribution in [3.63, 3.8) is 0 Å². The Morgan fingerprint density at radius 1 is 1.45 bits per heavy atom. The quantitative estimate of drug-likeness (QED) is 0.912. The fourth-order valence-electron chi connectivity index (χ4n) is 2.01. The largest absolute Gasteiger partial charge is 0.382 e. The number of anilines is 1. The van der Waals surface area contributed by atoms with E-state index in [1.165, 1.54) is 22.0 Å². The van der Waals surface area contributed by atoms with Gasteiger partial charge in [-0.2, -0.15) is 0 Å². The molecule has 0 aliphatic heterocycles. The highest BCUT2D eigenvalue weighted by Crippen LogP contribution is 2.26. The van der Waals surface area contributed by atoms with Crippen molar-refractivity contribution in [1.29, 1.82) is 0 Å². The minimum atomic E-state index is -0.213. The predicted molar refractivity (Wildman–Crippen MR) is 83.3 cm³/mol. The summed E-state index contributed by atoms with van der Waals surface area (Å²) >= 11 is 7.60. The van der Waals surface area contributed by atoms with Gasteiger partial charge in [-0.3, -0.25) is 4.79 Å². The Morgan fingerprint density at radius 2 is 2.15 bits per heavy atom. The van der Waals surface area contributed by atoms with Gasteiger partial charge in [-0.15, -0.1) is 11.3 Å². The normalized spacial score (nSPS) is 12.2. The lowest BCUT2D eigenvalue weighted by molar-refractivity contribution is 0.0939. The first kappa shape index (κ1) is 14.8. The Bertz CT molecular complexity index is 654. The fraction of sp³-hybridized carbons (Fsp3) is 0.286. The molecule has 0 aliphatic rings. The zero-order chi connectivity index (χ0) is 14.9. The lowest BCUT2D eigenvalue weighted by Crippen LogP contribution is -2.26. The van der Waals surface area contributed by atoms with Crippen LogP contribution in [0.15, 0.2) is 18.3 Å². The molecule has 1 unspecified atom stereocenters. The SMILES string of the molecule is Cc1cc(C(C)NC(=O)c2cnc(N)c(Cl)c2)c(C)s1. The summed E-state index contributed by atoms with van der Waals surface area (Å²) in [5, 5.41) is 3.23. The van der Waals surface area contributed by atoms with E-state index in [0.717, 1.165) is 5.56 Å². The average molecular weight is 310 g/mol. The maximum atomic E-state index is 12.2. The molecule has 106 valence electrons. The lowest BCUT2D eigenvalue weighted by atomic mass is 10.1. The number of hydrogen-bond acceptors (Lipinski definition) is 4. The van der Waals surface area contributed by atoms with Gasteiger partial charge in [-0.1, -0.05) is 11.6 Å². The van der Waals surface area contributed by atoms with Gasteiger partial charge in [-0.25, -0.2) is 4.98 Å². The smallest absolute Gasteiger partial charge is 0.253 e. The van der Waals surface area contributed by atoms with E-state index >= 15 is 0 Å². The van der Waals surface area contributed by atoms with Gasteiger partial charge < -0.3 is 11.1 Å². The number of carbonyl (C=O) groups excluding carboxylic acids is 1. The third-order valence-electron chi connectivity index (χ3n) is 3.03. The molecule has 20 heavy (non-hydrogen) atoms. The third kappa shape index (κ3) is 3.11. The van der Waals surface area contributed by atoms with Crippen LogP contribution in [-0.2, 0) is 0 Å². The van der Waals surface area contributed by atoms with E-state index < -0.39 is 0 Å². The molecule has 3 N–H and O–H groups in total. The van der Waals surface area contributed by atoms with Gasteiger partial charge in [0.2, 0.25) is 0 Å². The number of amides is 1. The molecule has 0 bridgehead atoms. The third-order valence-corrected chi connectivity index (χ3v) is 4.31. The summed E-state index contributed by atoms with van der Waals surface area (Å²) in [6.45, 7) is 6.06. The molecule has 0 aromatic carbocycles. The van der Waals surface area contributed by atoms with Gasteiger partial charge in [0.25, 0.3) is 5.91 Å². The second-order valence-electron chi connectivity index (χ2n) is 4.65. The average Bonchev–Trinajstić information content (AvgIpc) is 2.71. The summed E-state index contributed by atoms with van der Waals surface area (Å²) in [4.78, 5) is 18.5. The maximum Gasteiger partial charge on any atom is 0.253 e. The number of carbonyl (C=O) groups is 1. The van der Waals surface area contributed by atoms with Crippen molar-refractivity contribution in [2.75, 3.05) is 5.73 Å². The first-order chi connectivity index (χ1) is 9.38. The van der Waals surface area contributed by atoms with E-state index in [0.29, 0.717) is 5.56 Å². The van der Waals surface area contributed by atoms with E-state index in [9.17, 15) is 4.79 Å². The zero-order valence-electron chi connectivity index (χ0n) is 11.5. The summed E-state index contributed by atoms with van der Waals surface area (Å²) in [6.07, 6.45) is 1.43. The molecular formula is C14H16ClN3OS. The van der Waals surface area contributed by atoms with Crippen molar-refractivity contribution in [2.45, 2.75) is 26.8 Å². The minimum absolute atomic E-state index is 0.0659. The number of nitrogens with one attached hydrogen (secondary N) is 1. The highest BCUT2D eigenvalue weighted by Gasteiger charge is 2.16.